The van der Waals surface area contributed by atoms with Crippen molar-refractivity contribution in [2.75, 3.05) is 39.8 Å². The fourth-order valence-corrected chi connectivity index (χ4v) is 2.44. The Kier molecular flexibility index (Phi) is 3.56. The van der Waals surface area contributed by atoms with Crippen LogP contribution >= 0.6 is 0 Å². The van der Waals surface area contributed by atoms with Crippen molar-refractivity contribution in [1.82, 2.24) is 15.1 Å². The van der Waals surface area contributed by atoms with Gasteiger partial charge in [0.15, 0.2) is 0 Å². The zero-order valence-electron chi connectivity index (χ0n) is 9.74. The van der Waals surface area contributed by atoms with E-state index in [-0.39, 0.29) is 11.8 Å². The number of hydrogen-bond acceptors (Lipinski definition) is 4. The summed E-state index contributed by atoms with van der Waals surface area (Å²) in [7, 11) is 2.13. The number of piperazine rings is 1. The van der Waals surface area contributed by atoms with E-state index in [4.69, 9.17) is 0 Å². The molecule has 0 unspecified atom stereocenters. The average Bonchev–Trinajstić information content (AvgIpc) is 2.20. The molecular weight excluding hydrogens is 206 g/mol. The maximum absolute atomic E-state index is 11.2. The number of carbonyl (C=O) groups excluding carboxylic acids is 2. The van der Waals surface area contributed by atoms with Gasteiger partial charge in [-0.25, -0.2) is 0 Å². The van der Waals surface area contributed by atoms with Gasteiger partial charge in [-0.1, -0.05) is 0 Å². The summed E-state index contributed by atoms with van der Waals surface area (Å²) in [5.74, 6) is 0.309. The van der Waals surface area contributed by atoms with E-state index in [2.05, 4.69) is 17.3 Å². The molecule has 0 aromatic rings. The molecule has 0 spiro atoms. The molecule has 2 fully saturated rings. The van der Waals surface area contributed by atoms with Crippen LogP contribution in [-0.2, 0) is 9.59 Å². The molecule has 0 radical (unpaired) electrons. The van der Waals surface area contributed by atoms with Gasteiger partial charge in [0, 0.05) is 6.54 Å². The number of likely N-dealkylation sites (tertiary alicyclic amines) is 1. The lowest BCUT2D eigenvalue weighted by atomic mass is 9.96. The molecule has 1 N–H and O–H groups in total. The first-order valence-corrected chi connectivity index (χ1v) is 5.87. The van der Waals surface area contributed by atoms with Gasteiger partial charge in [0.2, 0.25) is 11.8 Å². The van der Waals surface area contributed by atoms with Crippen LogP contribution in [0.25, 0.3) is 0 Å². The molecule has 0 saturated carbocycles. The summed E-state index contributed by atoms with van der Waals surface area (Å²) in [6, 6.07) is 0. The average molecular weight is 225 g/mol. The smallest absolute Gasteiger partial charge is 0.240 e. The summed E-state index contributed by atoms with van der Waals surface area (Å²) in [4.78, 5) is 26.7. The molecule has 2 aliphatic heterocycles. The van der Waals surface area contributed by atoms with Gasteiger partial charge in [-0.2, -0.15) is 0 Å². The third kappa shape index (κ3) is 3.02. The highest BCUT2D eigenvalue weighted by Crippen LogP contribution is 2.17. The van der Waals surface area contributed by atoms with Crippen LogP contribution in [0.15, 0.2) is 0 Å². The van der Waals surface area contributed by atoms with Gasteiger partial charge in [0.25, 0.3) is 0 Å². The minimum absolute atomic E-state index is 0.163. The highest BCUT2D eigenvalue weighted by atomic mass is 16.2. The fourth-order valence-electron chi connectivity index (χ4n) is 2.44. The number of rotatable bonds is 2. The van der Waals surface area contributed by atoms with Crippen molar-refractivity contribution in [3.63, 3.8) is 0 Å². The second-order valence-corrected chi connectivity index (χ2v) is 4.89. The first kappa shape index (κ1) is 11.5. The van der Waals surface area contributed by atoms with Gasteiger partial charge < -0.3 is 4.90 Å². The van der Waals surface area contributed by atoms with Gasteiger partial charge in [0.05, 0.1) is 13.1 Å². The topological polar surface area (TPSA) is 52.6 Å². The minimum atomic E-state index is -0.163. The largest absolute Gasteiger partial charge is 0.306 e. The maximum atomic E-state index is 11.2. The minimum Gasteiger partial charge on any atom is -0.306 e. The van der Waals surface area contributed by atoms with Gasteiger partial charge in [0.1, 0.15) is 0 Å². The number of nitrogens with one attached hydrogen (secondary N) is 1. The van der Waals surface area contributed by atoms with Gasteiger partial charge in [-0.3, -0.25) is 19.8 Å². The first-order valence-electron chi connectivity index (χ1n) is 5.87. The molecule has 0 aromatic carbocycles. The van der Waals surface area contributed by atoms with Crippen molar-refractivity contribution < 1.29 is 9.59 Å². The highest BCUT2D eigenvalue weighted by molar-refractivity contribution is 5.99. The van der Waals surface area contributed by atoms with Crippen molar-refractivity contribution in [2.24, 2.45) is 5.92 Å². The van der Waals surface area contributed by atoms with Crippen LogP contribution in [0.5, 0.6) is 0 Å². The van der Waals surface area contributed by atoms with Crippen LogP contribution in [0.2, 0.25) is 0 Å². The zero-order chi connectivity index (χ0) is 11.5. The fraction of sp³-hybridized carbons (Fsp3) is 0.818. The normalized spacial score (nSPS) is 25.8. The van der Waals surface area contributed by atoms with E-state index in [9.17, 15) is 9.59 Å². The van der Waals surface area contributed by atoms with Gasteiger partial charge in [-0.15, -0.1) is 0 Å². The lowest BCUT2D eigenvalue weighted by Gasteiger charge is -2.33. The van der Waals surface area contributed by atoms with E-state index in [1.807, 2.05) is 4.90 Å². The molecule has 0 aliphatic carbocycles. The lowest BCUT2D eigenvalue weighted by Crippen LogP contribution is -2.53. The second-order valence-electron chi connectivity index (χ2n) is 4.89. The van der Waals surface area contributed by atoms with Crippen molar-refractivity contribution in [3.05, 3.63) is 0 Å². The summed E-state index contributed by atoms with van der Waals surface area (Å²) in [6.45, 7) is 3.88. The molecule has 0 bridgehead atoms. The van der Waals surface area contributed by atoms with Crippen molar-refractivity contribution >= 4 is 11.8 Å². The summed E-state index contributed by atoms with van der Waals surface area (Å²) in [5, 5.41) is 2.33. The number of imide groups is 1. The summed E-state index contributed by atoms with van der Waals surface area (Å²) < 4.78 is 0. The third-order valence-corrected chi connectivity index (χ3v) is 3.37. The van der Waals surface area contributed by atoms with E-state index in [1.54, 1.807) is 0 Å². The van der Waals surface area contributed by atoms with E-state index >= 15 is 0 Å². The van der Waals surface area contributed by atoms with Crippen molar-refractivity contribution in [2.45, 2.75) is 12.8 Å². The predicted molar refractivity (Wildman–Crippen MR) is 59.8 cm³/mol. The van der Waals surface area contributed by atoms with E-state index < -0.39 is 0 Å². The molecule has 0 atom stereocenters. The van der Waals surface area contributed by atoms with Crippen LogP contribution in [-0.4, -0.2) is 61.4 Å². The molecule has 90 valence electrons. The predicted octanol–water partition coefficient (Wildman–Crippen LogP) is -0.713. The first-order chi connectivity index (χ1) is 7.63. The monoisotopic (exact) mass is 225 g/mol. The summed E-state index contributed by atoms with van der Waals surface area (Å²) in [5.41, 5.74) is 0. The van der Waals surface area contributed by atoms with Gasteiger partial charge >= 0.3 is 0 Å². The lowest BCUT2D eigenvalue weighted by molar-refractivity contribution is -0.136. The summed E-state index contributed by atoms with van der Waals surface area (Å²) in [6.07, 6.45) is 2.34. The number of amides is 2. The zero-order valence-corrected chi connectivity index (χ0v) is 9.74. The molecule has 2 heterocycles. The number of carbonyl (C=O) groups is 2. The Labute approximate surface area is 95.8 Å². The Bertz CT molecular complexity index is 269. The van der Waals surface area contributed by atoms with Crippen LogP contribution < -0.4 is 5.32 Å². The molecule has 5 nitrogen and oxygen atoms in total. The molecule has 2 rings (SSSR count). The Hall–Kier alpha value is -0.940. The van der Waals surface area contributed by atoms with Crippen LogP contribution in [0, 0.1) is 5.92 Å². The molecule has 2 aliphatic rings. The van der Waals surface area contributed by atoms with E-state index in [1.165, 1.54) is 12.8 Å². The van der Waals surface area contributed by atoms with E-state index in [0.717, 1.165) is 19.6 Å². The number of nitrogens with zero attached hydrogens (tertiary/aromatic N) is 2. The summed E-state index contributed by atoms with van der Waals surface area (Å²) >= 11 is 0. The Morgan fingerprint density at radius 2 is 1.75 bits per heavy atom. The van der Waals surface area contributed by atoms with Crippen LogP contribution in [0.1, 0.15) is 12.8 Å². The molecule has 5 heteroatoms. The van der Waals surface area contributed by atoms with Crippen LogP contribution in [0.3, 0.4) is 0 Å². The molecule has 0 aromatic heterocycles. The quantitative estimate of drug-likeness (QED) is 0.631. The maximum Gasteiger partial charge on any atom is 0.240 e. The van der Waals surface area contributed by atoms with Gasteiger partial charge in [-0.05, 0) is 38.9 Å². The standard InChI is InChI=1S/C11H19N3O2/c1-13-4-2-9(3-5-13)6-14-7-10(15)12-11(16)8-14/h9H,2-8H2,1H3,(H,12,15,16). The third-order valence-electron chi connectivity index (χ3n) is 3.37. The Morgan fingerprint density at radius 1 is 1.19 bits per heavy atom. The molecule has 2 amide bonds. The van der Waals surface area contributed by atoms with Crippen molar-refractivity contribution in [3.8, 4) is 0 Å². The SMILES string of the molecule is CN1CCC(CN2CC(=O)NC(=O)C2)CC1. The molecule has 16 heavy (non-hydrogen) atoms. The Morgan fingerprint density at radius 3 is 2.31 bits per heavy atom. The van der Waals surface area contributed by atoms with Crippen molar-refractivity contribution in [1.29, 1.82) is 0 Å². The molecule has 2 saturated heterocycles. The highest BCUT2D eigenvalue weighted by Gasteiger charge is 2.26. The second kappa shape index (κ2) is 4.93. The number of piperidine rings is 1. The Balaban J connectivity index is 1.80. The van der Waals surface area contributed by atoms with E-state index in [0.29, 0.717) is 19.0 Å². The number of hydrogen-bond donors (Lipinski definition) is 1. The molecular formula is C11H19N3O2. The van der Waals surface area contributed by atoms with Crippen LogP contribution in [0.4, 0.5) is 0 Å².